The average Bonchev–Trinajstić information content (AvgIpc) is 3.15. The number of hydrogen-bond acceptors (Lipinski definition) is 8. The Balaban J connectivity index is 0.000000363. The minimum atomic E-state index is -0.550. The fourth-order valence-electron chi connectivity index (χ4n) is 7.93. The molecule has 0 aliphatic heterocycles. The van der Waals surface area contributed by atoms with Crippen LogP contribution in [-0.2, 0) is 19.2 Å². The summed E-state index contributed by atoms with van der Waals surface area (Å²) in [6.45, 7) is 30.1. The molecule has 0 amide bonds. The summed E-state index contributed by atoms with van der Waals surface area (Å²) in [4.78, 5) is 51.4. The molecule has 8 heteroatoms. The number of rotatable bonds is 16. The van der Waals surface area contributed by atoms with E-state index in [9.17, 15) is 29.4 Å². The molecule has 0 radical (unpaired) electrons. The first-order valence-electron chi connectivity index (χ1n) is 21.9. The summed E-state index contributed by atoms with van der Waals surface area (Å²) < 4.78 is 0. The maximum Gasteiger partial charge on any atom is 0.233 e. The molecule has 58 heavy (non-hydrogen) atoms. The number of unbranched alkanes of at least 4 members (excludes halogenated alkanes) is 4. The number of nitrogens with one attached hydrogen (secondary N) is 1. The lowest BCUT2D eigenvalue weighted by Crippen LogP contribution is -2.37. The van der Waals surface area contributed by atoms with Gasteiger partial charge >= 0.3 is 0 Å². The lowest BCUT2D eigenvalue weighted by molar-refractivity contribution is -0.133. The lowest BCUT2D eigenvalue weighted by Gasteiger charge is -2.34. The van der Waals surface area contributed by atoms with Gasteiger partial charge in [-0.15, -0.1) is 0 Å². The van der Waals surface area contributed by atoms with Gasteiger partial charge in [0.2, 0.25) is 17.3 Å². The first kappa shape index (κ1) is 50.1. The maximum absolute atomic E-state index is 13.1. The van der Waals surface area contributed by atoms with Gasteiger partial charge in [-0.3, -0.25) is 19.2 Å². The maximum atomic E-state index is 13.1. The van der Waals surface area contributed by atoms with Crippen molar-refractivity contribution >= 4 is 23.1 Å². The summed E-state index contributed by atoms with van der Waals surface area (Å²) in [7, 11) is 0. The first-order chi connectivity index (χ1) is 27.3. The zero-order valence-electron chi connectivity index (χ0n) is 37.6. The molecule has 0 saturated carbocycles. The van der Waals surface area contributed by atoms with Gasteiger partial charge in [-0.1, -0.05) is 115 Å². The molecular weight excluding hydrogens is 725 g/mol. The van der Waals surface area contributed by atoms with Gasteiger partial charge in [0, 0.05) is 29.5 Å². The highest BCUT2D eigenvalue weighted by molar-refractivity contribution is 6.50. The standard InChI is InChI=1S/C25H37NO3.C21H28O3.C4H11N/c1-7-8-9-10-19-22(26-14-15(2)3)24(28)21(25(29)23(19)27)20-13-17(6)11-12-18(20)16(4)5;1-5-6-7-8-15-12-18(22)19(21(24)20(15)23)17-11-14(4)9-10-16(17)13(2)3;1-4(2)3-5/h13,15,18,20,26,28H,4,7-12,14H2,1-3,5-6H3;11-12,16-17,24H,2,5-10H2,1,3-4H3;4H,3,5H2,1-2H3/t18-,20+;16-,17+;/m00./s1. The highest BCUT2D eigenvalue weighted by Gasteiger charge is 2.41. The van der Waals surface area contributed by atoms with E-state index in [1.54, 1.807) is 0 Å². The largest absolute Gasteiger partial charge is 0.505 e. The molecule has 0 aromatic heterocycles. The SMILES string of the molecule is C=C(C)[C@@H]1CCC(C)=C[C@H]1C1=C(O)C(=O)C(CCCCC)=CC1=O.C=C(C)[C@@H]1CCC(C)=C[C@H]1C1=C(O)C(NCC(C)C)=C(CCCCC)C(=O)C1=O.CC(C)CN. The summed E-state index contributed by atoms with van der Waals surface area (Å²) in [6, 6.07) is 0. The van der Waals surface area contributed by atoms with Crippen molar-refractivity contribution in [3.8, 4) is 0 Å². The molecular formula is C50H76N2O6. The molecule has 322 valence electrons. The Morgan fingerprint density at radius 1 is 0.741 bits per heavy atom. The van der Waals surface area contributed by atoms with Crippen molar-refractivity contribution in [2.45, 2.75) is 146 Å². The van der Waals surface area contributed by atoms with E-state index in [-0.39, 0.29) is 57.9 Å². The Kier molecular flexibility index (Phi) is 20.9. The normalized spacial score (nSPS) is 22.6. The summed E-state index contributed by atoms with van der Waals surface area (Å²) >= 11 is 0. The minimum Gasteiger partial charge on any atom is -0.505 e. The van der Waals surface area contributed by atoms with Crippen LogP contribution < -0.4 is 11.1 Å². The smallest absolute Gasteiger partial charge is 0.233 e. The molecule has 0 aromatic rings. The number of nitrogens with two attached hydrogens (primary N) is 1. The monoisotopic (exact) mass is 801 g/mol. The second kappa shape index (κ2) is 24.1. The third-order valence-electron chi connectivity index (χ3n) is 11.5. The van der Waals surface area contributed by atoms with Gasteiger partial charge in [0.1, 0.15) is 5.76 Å². The Morgan fingerprint density at radius 2 is 1.22 bits per heavy atom. The molecule has 4 rings (SSSR count). The van der Waals surface area contributed by atoms with Gasteiger partial charge in [-0.2, -0.15) is 0 Å². The second-order valence-electron chi connectivity index (χ2n) is 17.8. The zero-order chi connectivity index (χ0) is 43.9. The summed E-state index contributed by atoms with van der Waals surface area (Å²) in [5, 5.41) is 25.0. The highest BCUT2D eigenvalue weighted by Crippen LogP contribution is 2.42. The van der Waals surface area contributed by atoms with E-state index in [0.717, 1.165) is 81.9 Å². The van der Waals surface area contributed by atoms with Crippen LogP contribution in [0.2, 0.25) is 0 Å². The predicted molar refractivity (Wildman–Crippen MR) is 239 cm³/mol. The number of carbonyl (C=O) groups excluding carboxylic acids is 4. The molecule has 0 bridgehead atoms. The molecule has 0 saturated heterocycles. The summed E-state index contributed by atoms with van der Waals surface area (Å²) in [5.74, 6) is -1.38. The molecule has 4 aliphatic carbocycles. The van der Waals surface area contributed by atoms with Crippen molar-refractivity contribution < 1.29 is 29.4 Å². The molecule has 5 N–H and O–H groups in total. The third-order valence-corrected chi connectivity index (χ3v) is 11.5. The van der Waals surface area contributed by atoms with Gasteiger partial charge in [0.15, 0.2) is 11.5 Å². The third kappa shape index (κ3) is 13.8. The molecule has 0 aromatic carbocycles. The Hall–Kier alpha value is -4.04. The summed E-state index contributed by atoms with van der Waals surface area (Å²) in [5.41, 5.74) is 11.4. The van der Waals surface area contributed by atoms with E-state index in [1.165, 1.54) is 17.2 Å². The topological polar surface area (TPSA) is 147 Å². The number of allylic oxidation sites excluding steroid dienone is 11. The average molecular weight is 801 g/mol. The van der Waals surface area contributed by atoms with Crippen LogP contribution in [0.3, 0.4) is 0 Å². The van der Waals surface area contributed by atoms with Gasteiger partial charge in [-0.05, 0) is 115 Å². The van der Waals surface area contributed by atoms with E-state index < -0.39 is 11.6 Å². The number of Topliss-reactive ketones (excluding diaryl/α,β-unsaturated/α-hetero) is 3. The van der Waals surface area contributed by atoms with Crippen LogP contribution in [0.15, 0.2) is 93.2 Å². The van der Waals surface area contributed by atoms with Crippen molar-refractivity contribution in [1.29, 1.82) is 0 Å². The van der Waals surface area contributed by atoms with Crippen LogP contribution in [0, 0.1) is 35.5 Å². The lowest BCUT2D eigenvalue weighted by atomic mass is 9.70. The van der Waals surface area contributed by atoms with E-state index >= 15 is 0 Å². The number of hydrogen-bond donors (Lipinski definition) is 4. The molecule has 0 unspecified atom stereocenters. The van der Waals surface area contributed by atoms with Crippen molar-refractivity contribution in [2.75, 3.05) is 13.1 Å². The van der Waals surface area contributed by atoms with Crippen molar-refractivity contribution in [3.05, 3.63) is 93.2 Å². The van der Waals surface area contributed by atoms with Crippen LogP contribution in [0.5, 0.6) is 0 Å². The van der Waals surface area contributed by atoms with E-state index in [4.69, 9.17) is 5.73 Å². The Bertz CT molecular complexity index is 1730. The number of aliphatic hydroxyl groups excluding tert-OH is 2. The van der Waals surface area contributed by atoms with Gasteiger partial charge in [0.05, 0.1) is 16.8 Å². The van der Waals surface area contributed by atoms with Crippen LogP contribution in [0.25, 0.3) is 0 Å². The molecule has 4 aliphatic rings. The Morgan fingerprint density at radius 3 is 1.67 bits per heavy atom. The molecule has 4 atom stereocenters. The zero-order valence-corrected chi connectivity index (χ0v) is 37.6. The first-order valence-corrected chi connectivity index (χ1v) is 21.9. The quantitative estimate of drug-likeness (QED) is 0.0397. The molecule has 0 heterocycles. The number of carbonyl (C=O) groups is 4. The van der Waals surface area contributed by atoms with Crippen molar-refractivity contribution in [3.63, 3.8) is 0 Å². The van der Waals surface area contributed by atoms with E-state index in [1.807, 2.05) is 39.8 Å². The fourth-order valence-corrected chi connectivity index (χ4v) is 7.93. The van der Waals surface area contributed by atoms with Crippen LogP contribution >= 0.6 is 0 Å². The van der Waals surface area contributed by atoms with Crippen molar-refractivity contribution in [2.24, 2.45) is 41.2 Å². The van der Waals surface area contributed by atoms with Gasteiger partial charge in [-0.25, -0.2) is 0 Å². The van der Waals surface area contributed by atoms with Gasteiger partial charge < -0.3 is 21.3 Å². The number of ketones is 4. The van der Waals surface area contributed by atoms with Crippen LogP contribution in [0.1, 0.15) is 146 Å². The minimum absolute atomic E-state index is 0.0380. The van der Waals surface area contributed by atoms with Crippen LogP contribution in [-0.4, -0.2) is 46.4 Å². The molecule has 0 spiro atoms. The predicted octanol–water partition coefficient (Wildman–Crippen LogP) is 11.2. The second-order valence-corrected chi connectivity index (χ2v) is 17.8. The Labute approximate surface area is 350 Å². The van der Waals surface area contributed by atoms with Crippen LogP contribution in [0.4, 0.5) is 0 Å². The van der Waals surface area contributed by atoms with E-state index in [2.05, 4.69) is 60.0 Å². The number of aliphatic hydroxyl groups is 2. The highest BCUT2D eigenvalue weighted by atomic mass is 16.3. The van der Waals surface area contributed by atoms with Gasteiger partial charge in [0.25, 0.3) is 0 Å². The molecule has 0 fully saturated rings. The van der Waals surface area contributed by atoms with E-state index in [0.29, 0.717) is 48.1 Å². The molecule has 8 nitrogen and oxygen atoms in total. The summed E-state index contributed by atoms with van der Waals surface area (Å²) in [6.07, 6.45) is 16.0. The fraction of sp³-hybridized carbons (Fsp3) is 0.600. The van der Waals surface area contributed by atoms with Crippen molar-refractivity contribution in [1.82, 2.24) is 5.32 Å².